The molecule has 5 aromatic rings. The van der Waals surface area contributed by atoms with Crippen LogP contribution in [0.4, 0.5) is 14.5 Å². The van der Waals surface area contributed by atoms with Gasteiger partial charge in [0.15, 0.2) is 0 Å². The van der Waals surface area contributed by atoms with Gasteiger partial charge in [0.1, 0.15) is 17.2 Å². The number of rotatable bonds is 9. The monoisotopic (exact) mass is 693 g/mol. The van der Waals surface area contributed by atoms with E-state index in [1.165, 1.54) is 23.1 Å². The second-order valence-electron chi connectivity index (χ2n) is 11.3. The number of anilines is 1. The minimum absolute atomic E-state index is 0.0545. The fraction of sp³-hybridized carbons (Fsp3) is 0.229. The zero-order valence-corrected chi connectivity index (χ0v) is 27.6. The van der Waals surface area contributed by atoms with E-state index in [4.69, 9.17) is 27.9 Å². The Morgan fingerprint density at radius 2 is 1.62 bits per heavy atom. The number of ether oxygens (including phenoxy) is 2. The lowest BCUT2D eigenvalue weighted by Gasteiger charge is -2.34. The normalized spacial score (nSPS) is 13.6. The fourth-order valence-corrected chi connectivity index (χ4v) is 5.87. The molecule has 9 nitrogen and oxygen atoms in total. The van der Waals surface area contributed by atoms with Crippen molar-refractivity contribution in [2.75, 3.05) is 38.1 Å². The van der Waals surface area contributed by atoms with Gasteiger partial charge >= 0.3 is 6.61 Å². The molecule has 1 saturated heterocycles. The topological polar surface area (TPSA) is 80.1 Å². The zero-order valence-electron chi connectivity index (χ0n) is 26.1. The van der Waals surface area contributed by atoms with Crippen LogP contribution in [0.25, 0.3) is 10.9 Å². The second-order valence-corrected chi connectivity index (χ2v) is 12.2. The minimum atomic E-state index is -2.85. The molecule has 1 aliphatic rings. The van der Waals surface area contributed by atoms with Crippen molar-refractivity contribution in [3.8, 4) is 17.4 Å². The molecule has 2 aromatic heterocycles. The molecule has 0 atom stereocenters. The lowest BCUT2D eigenvalue weighted by Crippen LogP contribution is -2.48. The summed E-state index contributed by atoms with van der Waals surface area (Å²) in [6.45, 7) is 0.311. The molecule has 0 spiro atoms. The van der Waals surface area contributed by atoms with E-state index in [2.05, 4.69) is 14.6 Å². The van der Waals surface area contributed by atoms with Crippen LogP contribution in [0.1, 0.15) is 26.4 Å². The van der Waals surface area contributed by atoms with Crippen LogP contribution in [-0.4, -0.2) is 71.0 Å². The van der Waals surface area contributed by atoms with Crippen LogP contribution in [0.3, 0.4) is 0 Å². The fourth-order valence-electron chi connectivity index (χ4n) is 5.58. The third-order valence-electron chi connectivity index (χ3n) is 8.25. The van der Waals surface area contributed by atoms with Gasteiger partial charge in [-0.25, -0.2) is 4.98 Å². The number of carbonyl (C=O) groups is 2. The van der Waals surface area contributed by atoms with Gasteiger partial charge in [-0.2, -0.15) is 8.78 Å². The summed E-state index contributed by atoms with van der Waals surface area (Å²) in [7, 11) is 3.49. The first-order valence-electron chi connectivity index (χ1n) is 15.1. The summed E-state index contributed by atoms with van der Waals surface area (Å²) in [6, 6.07) is 22.2. The molecule has 0 radical (unpaired) electrons. The van der Waals surface area contributed by atoms with Crippen molar-refractivity contribution in [3.63, 3.8) is 0 Å². The largest absolute Gasteiger partial charge is 0.439 e. The summed E-state index contributed by atoms with van der Waals surface area (Å²) in [6.07, 6.45) is 1.55. The summed E-state index contributed by atoms with van der Waals surface area (Å²) < 4.78 is 37.1. The van der Waals surface area contributed by atoms with Gasteiger partial charge in [-0.15, -0.1) is 0 Å². The molecule has 248 valence electrons. The van der Waals surface area contributed by atoms with Gasteiger partial charge in [-0.05, 0) is 60.2 Å². The van der Waals surface area contributed by atoms with Crippen LogP contribution in [-0.2, 0) is 13.6 Å². The summed E-state index contributed by atoms with van der Waals surface area (Å²) in [4.78, 5) is 36.4. The number of amides is 2. The number of pyridine rings is 1. The quantitative estimate of drug-likeness (QED) is 0.159. The van der Waals surface area contributed by atoms with Gasteiger partial charge in [0, 0.05) is 69.9 Å². The standard InChI is InChI=1S/C35H31Cl2F2N5O4/c1-41(33(45)24-6-11-28(36)29(37)17-24)25-7-12-32(40-20-25)47-27-10-5-23-18-31(42(2)30(23)19-27)34(46)44-15-13-43(14-16-44)21-22-3-8-26(9-4-22)48-35(38)39/h3-12,17-20,35H,13-16,21H2,1-2H3. The number of hydrogen-bond donors (Lipinski definition) is 0. The Morgan fingerprint density at radius 3 is 2.29 bits per heavy atom. The molecular formula is C35H31Cl2F2N5O4. The number of halogens is 4. The van der Waals surface area contributed by atoms with Crippen LogP contribution in [0, 0.1) is 0 Å². The van der Waals surface area contributed by atoms with Crippen molar-refractivity contribution < 1.29 is 27.8 Å². The Hall–Kier alpha value is -4.71. The first-order valence-corrected chi connectivity index (χ1v) is 15.8. The van der Waals surface area contributed by atoms with Crippen molar-refractivity contribution in [1.82, 2.24) is 19.4 Å². The second kappa shape index (κ2) is 14.2. The Morgan fingerprint density at radius 1 is 0.896 bits per heavy atom. The summed E-state index contributed by atoms with van der Waals surface area (Å²) in [5.41, 5.74) is 3.35. The Labute approximate surface area is 285 Å². The summed E-state index contributed by atoms with van der Waals surface area (Å²) in [5.74, 6) is 0.697. The van der Waals surface area contributed by atoms with Crippen LogP contribution in [0.2, 0.25) is 10.0 Å². The predicted molar refractivity (Wildman–Crippen MR) is 181 cm³/mol. The first kappa shape index (κ1) is 33.2. The number of alkyl halides is 2. The van der Waals surface area contributed by atoms with Crippen LogP contribution in [0.15, 0.2) is 85.1 Å². The molecule has 1 fully saturated rings. The predicted octanol–water partition coefficient (Wildman–Crippen LogP) is 7.51. The van der Waals surface area contributed by atoms with E-state index >= 15 is 0 Å². The number of aryl methyl sites for hydroxylation is 1. The molecule has 0 aliphatic carbocycles. The molecule has 0 N–H and O–H groups in total. The van der Waals surface area contributed by atoms with Crippen molar-refractivity contribution in [2.45, 2.75) is 13.2 Å². The molecule has 0 bridgehead atoms. The van der Waals surface area contributed by atoms with Crippen molar-refractivity contribution in [2.24, 2.45) is 7.05 Å². The van der Waals surface area contributed by atoms with E-state index in [9.17, 15) is 18.4 Å². The van der Waals surface area contributed by atoms with E-state index in [0.717, 1.165) is 16.5 Å². The van der Waals surface area contributed by atoms with Gasteiger partial charge in [0.2, 0.25) is 5.88 Å². The van der Waals surface area contributed by atoms with Crippen molar-refractivity contribution >= 4 is 51.6 Å². The Balaban J connectivity index is 1.06. The maximum Gasteiger partial charge on any atom is 0.387 e. The molecule has 0 unspecified atom stereocenters. The number of fused-ring (bicyclic) bond motifs is 1. The molecule has 2 amide bonds. The maximum absolute atomic E-state index is 13.5. The van der Waals surface area contributed by atoms with Crippen molar-refractivity contribution in [1.29, 1.82) is 0 Å². The molecular weight excluding hydrogens is 663 g/mol. The number of benzene rings is 3. The van der Waals surface area contributed by atoms with Crippen LogP contribution >= 0.6 is 23.2 Å². The number of carbonyl (C=O) groups excluding carboxylic acids is 2. The minimum Gasteiger partial charge on any atom is -0.439 e. The van der Waals surface area contributed by atoms with Gasteiger partial charge in [-0.1, -0.05) is 35.3 Å². The average Bonchev–Trinajstić information content (AvgIpc) is 3.41. The number of piperazine rings is 1. The Kier molecular flexibility index (Phi) is 9.81. The van der Waals surface area contributed by atoms with Crippen LogP contribution in [0.5, 0.6) is 17.4 Å². The maximum atomic E-state index is 13.5. The van der Waals surface area contributed by atoms with Gasteiger partial charge < -0.3 is 23.8 Å². The highest BCUT2D eigenvalue weighted by molar-refractivity contribution is 6.42. The average molecular weight is 695 g/mol. The van der Waals surface area contributed by atoms with Gasteiger partial charge in [0.25, 0.3) is 11.8 Å². The van der Waals surface area contributed by atoms with E-state index in [1.807, 2.05) is 40.8 Å². The highest BCUT2D eigenvalue weighted by Crippen LogP contribution is 2.29. The highest BCUT2D eigenvalue weighted by Gasteiger charge is 2.25. The van der Waals surface area contributed by atoms with E-state index in [1.54, 1.807) is 49.6 Å². The first-order chi connectivity index (χ1) is 23.0. The highest BCUT2D eigenvalue weighted by atomic mass is 35.5. The lowest BCUT2D eigenvalue weighted by molar-refractivity contribution is -0.0498. The molecule has 3 heterocycles. The van der Waals surface area contributed by atoms with E-state index < -0.39 is 6.61 Å². The molecule has 1 aliphatic heterocycles. The van der Waals surface area contributed by atoms with Crippen LogP contribution < -0.4 is 14.4 Å². The smallest absolute Gasteiger partial charge is 0.387 e. The number of aromatic nitrogens is 2. The molecule has 6 rings (SSSR count). The van der Waals surface area contributed by atoms with Gasteiger partial charge in [0.05, 0.1) is 27.4 Å². The number of hydrogen-bond acceptors (Lipinski definition) is 6. The van der Waals surface area contributed by atoms with Gasteiger partial charge in [-0.3, -0.25) is 14.5 Å². The van der Waals surface area contributed by atoms with E-state index in [0.29, 0.717) is 71.3 Å². The third kappa shape index (κ3) is 7.38. The molecule has 48 heavy (non-hydrogen) atoms. The molecule has 13 heteroatoms. The lowest BCUT2D eigenvalue weighted by atomic mass is 10.2. The number of nitrogens with zero attached hydrogens (tertiary/aromatic N) is 5. The SMILES string of the molecule is CN(C(=O)c1ccc(Cl)c(Cl)c1)c1ccc(Oc2ccc3cc(C(=O)N4CCN(Cc5ccc(OC(F)F)cc5)CC4)n(C)c3c2)nc1. The molecule has 3 aromatic carbocycles. The van der Waals surface area contributed by atoms with Crippen molar-refractivity contribution in [3.05, 3.63) is 112 Å². The third-order valence-corrected chi connectivity index (χ3v) is 8.99. The Bertz CT molecular complexity index is 1950. The summed E-state index contributed by atoms with van der Waals surface area (Å²) in [5, 5.41) is 1.57. The zero-order chi connectivity index (χ0) is 33.9. The molecule has 0 saturated carbocycles. The van der Waals surface area contributed by atoms with E-state index in [-0.39, 0.29) is 17.6 Å². The summed E-state index contributed by atoms with van der Waals surface area (Å²) >= 11 is 12.0.